The van der Waals surface area contributed by atoms with Gasteiger partial charge in [0.1, 0.15) is 12.6 Å². The fourth-order valence-electron chi connectivity index (χ4n) is 1.34. The van der Waals surface area contributed by atoms with Crippen molar-refractivity contribution in [3.63, 3.8) is 0 Å². The molecule has 1 rings (SSSR count). The Morgan fingerprint density at radius 1 is 1.50 bits per heavy atom. The van der Waals surface area contributed by atoms with Crippen LogP contribution in [0.5, 0.6) is 0 Å². The number of carbonyl (C=O) groups is 2. The molecule has 6 heteroatoms. The Morgan fingerprint density at radius 2 is 2.12 bits per heavy atom. The SMILES string of the molecule is COC(=O)C(C)NC(=O)COC1(C)CNC1. The number of ether oxygens (including phenoxy) is 2. The molecule has 0 aromatic heterocycles. The predicted octanol–water partition coefficient (Wildman–Crippen LogP) is -0.957. The van der Waals surface area contributed by atoms with Gasteiger partial charge in [-0.05, 0) is 13.8 Å². The van der Waals surface area contributed by atoms with E-state index >= 15 is 0 Å². The highest BCUT2D eigenvalue weighted by Crippen LogP contribution is 2.14. The summed E-state index contributed by atoms with van der Waals surface area (Å²) in [4.78, 5) is 22.4. The second-order valence-corrected chi connectivity index (χ2v) is 4.15. The van der Waals surface area contributed by atoms with Gasteiger partial charge < -0.3 is 20.1 Å². The molecule has 92 valence electrons. The van der Waals surface area contributed by atoms with Gasteiger partial charge in [-0.25, -0.2) is 4.79 Å². The summed E-state index contributed by atoms with van der Waals surface area (Å²) in [6, 6.07) is -0.645. The van der Waals surface area contributed by atoms with Gasteiger partial charge in [-0.1, -0.05) is 0 Å². The maximum absolute atomic E-state index is 11.4. The first-order chi connectivity index (χ1) is 7.47. The zero-order valence-electron chi connectivity index (χ0n) is 9.83. The molecular formula is C10H18N2O4. The van der Waals surface area contributed by atoms with Gasteiger partial charge in [-0.15, -0.1) is 0 Å². The summed E-state index contributed by atoms with van der Waals surface area (Å²) in [6.07, 6.45) is 0. The maximum atomic E-state index is 11.4. The van der Waals surface area contributed by atoms with Crippen LogP contribution in [0.25, 0.3) is 0 Å². The molecular weight excluding hydrogens is 212 g/mol. The van der Waals surface area contributed by atoms with Crippen molar-refractivity contribution in [1.82, 2.24) is 10.6 Å². The average molecular weight is 230 g/mol. The van der Waals surface area contributed by atoms with Crippen molar-refractivity contribution in [3.05, 3.63) is 0 Å². The lowest BCUT2D eigenvalue weighted by molar-refractivity contribution is -0.147. The van der Waals surface area contributed by atoms with Gasteiger partial charge in [-0.2, -0.15) is 0 Å². The van der Waals surface area contributed by atoms with Crippen molar-refractivity contribution in [1.29, 1.82) is 0 Å². The van der Waals surface area contributed by atoms with Crippen molar-refractivity contribution in [2.75, 3.05) is 26.8 Å². The van der Waals surface area contributed by atoms with Crippen LogP contribution in [0.15, 0.2) is 0 Å². The van der Waals surface area contributed by atoms with Gasteiger partial charge in [0.2, 0.25) is 5.91 Å². The zero-order valence-corrected chi connectivity index (χ0v) is 9.83. The van der Waals surface area contributed by atoms with Crippen LogP contribution >= 0.6 is 0 Å². The third-order valence-electron chi connectivity index (χ3n) is 2.48. The first-order valence-corrected chi connectivity index (χ1v) is 5.19. The molecule has 0 aromatic rings. The normalized spacial score (nSPS) is 19.4. The first kappa shape index (κ1) is 12.9. The number of amides is 1. The van der Waals surface area contributed by atoms with E-state index < -0.39 is 12.0 Å². The molecule has 1 atom stereocenters. The van der Waals surface area contributed by atoms with Gasteiger partial charge in [0.05, 0.1) is 12.7 Å². The highest BCUT2D eigenvalue weighted by Gasteiger charge is 2.33. The summed E-state index contributed by atoms with van der Waals surface area (Å²) in [7, 11) is 1.28. The summed E-state index contributed by atoms with van der Waals surface area (Å²) in [6.45, 7) is 4.94. The quantitative estimate of drug-likeness (QED) is 0.595. The summed E-state index contributed by atoms with van der Waals surface area (Å²) < 4.78 is 9.90. The van der Waals surface area contributed by atoms with Crippen LogP contribution in [0.2, 0.25) is 0 Å². The van der Waals surface area contributed by atoms with Gasteiger partial charge in [-0.3, -0.25) is 4.79 Å². The Bertz CT molecular complexity index is 276. The van der Waals surface area contributed by atoms with Crippen molar-refractivity contribution < 1.29 is 19.1 Å². The summed E-state index contributed by atoms with van der Waals surface area (Å²) in [5, 5.41) is 5.56. The van der Waals surface area contributed by atoms with Crippen LogP contribution in [0.4, 0.5) is 0 Å². The number of esters is 1. The second kappa shape index (κ2) is 5.27. The third-order valence-corrected chi connectivity index (χ3v) is 2.48. The number of methoxy groups -OCH3 is 1. The molecule has 1 aliphatic heterocycles. The van der Waals surface area contributed by atoms with Crippen molar-refractivity contribution in [2.45, 2.75) is 25.5 Å². The molecule has 0 aliphatic carbocycles. The first-order valence-electron chi connectivity index (χ1n) is 5.19. The van der Waals surface area contributed by atoms with Gasteiger partial charge >= 0.3 is 5.97 Å². The van der Waals surface area contributed by atoms with Crippen molar-refractivity contribution in [3.8, 4) is 0 Å². The molecule has 1 aliphatic rings. The number of carbonyl (C=O) groups excluding carboxylic acids is 2. The van der Waals surface area contributed by atoms with E-state index in [2.05, 4.69) is 15.4 Å². The van der Waals surface area contributed by atoms with E-state index in [4.69, 9.17) is 4.74 Å². The van der Waals surface area contributed by atoms with E-state index in [0.29, 0.717) is 0 Å². The molecule has 0 radical (unpaired) electrons. The average Bonchev–Trinajstić information content (AvgIpc) is 2.22. The second-order valence-electron chi connectivity index (χ2n) is 4.15. The standard InChI is InChI=1S/C10H18N2O4/c1-7(9(14)15-3)12-8(13)4-16-10(2)5-11-6-10/h7,11H,4-6H2,1-3H3,(H,12,13). The zero-order chi connectivity index (χ0) is 12.2. The Kier molecular flexibility index (Phi) is 4.26. The lowest BCUT2D eigenvalue weighted by Gasteiger charge is -2.38. The monoisotopic (exact) mass is 230 g/mol. The molecule has 1 unspecified atom stereocenters. The number of hydrogen-bond acceptors (Lipinski definition) is 5. The topological polar surface area (TPSA) is 76.7 Å². The fourth-order valence-corrected chi connectivity index (χ4v) is 1.34. The summed E-state index contributed by atoms with van der Waals surface area (Å²) in [5.41, 5.74) is -0.258. The molecule has 1 amide bonds. The summed E-state index contributed by atoms with van der Waals surface area (Å²) >= 11 is 0. The number of rotatable bonds is 5. The minimum atomic E-state index is -0.645. The molecule has 0 saturated carbocycles. The van der Waals surface area contributed by atoms with Crippen LogP contribution in [-0.2, 0) is 19.1 Å². The van der Waals surface area contributed by atoms with E-state index in [0.717, 1.165) is 13.1 Å². The van der Waals surface area contributed by atoms with Crippen LogP contribution in [0.1, 0.15) is 13.8 Å². The molecule has 1 saturated heterocycles. The Morgan fingerprint density at radius 3 is 2.56 bits per heavy atom. The number of nitrogens with one attached hydrogen (secondary N) is 2. The van der Waals surface area contributed by atoms with E-state index in [1.165, 1.54) is 7.11 Å². The number of hydrogen-bond donors (Lipinski definition) is 2. The van der Waals surface area contributed by atoms with Crippen molar-refractivity contribution in [2.24, 2.45) is 0 Å². The highest BCUT2D eigenvalue weighted by atomic mass is 16.5. The summed E-state index contributed by atoms with van der Waals surface area (Å²) in [5.74, 6) is -0.782. The predicted molar refractivity (Wildman–Crippen MR) is 56.8 cm³/mol. The van der Waals surface area contributed by atoms with Crippen LogP contribution in [0.3, 0.4) is 0 Å². The molecule has 1 fully saturated rings. The smallest absolute Gasteiger partial charge is 0.328 e. The third kappa shape index (κ3) is 3.46. The van der Waals surface area contributed by atoms with E-state index in [1.807, 2.05) is 6.92 Å². The Balaban J connectivity index is 2.22. The van der Waals surface area contributed by atoms with Crippen LogP contribution < -0.4 is 10.6 Å². The molecule has 16 heavy (non-hydrogen) atoms. The molecule has 0 spiro atoms. The molecule has 0 bridgehead atoms. The Hall–Kier alpha value is -1.14. The Labute approximate surface area is 94.7 Å². The molecule has 1 heterocycles. The maximum Gasteiger partial charge on any atom is 0.328 e. The minimum absolute atomic E-state index is 0.0421. The lowest BCUT2D eigenvalue weighted by Crippen LogP contribution is -2.59. The molecule has 2 N–H and O–H groups in total. The molecule has 6 nitrogen and oxygen atoms in total. The molecule has 0 aromatic carbocycles. The largest absolute Gasteiger partial charge is 0.467 e. The van der Waals surface area contributed by atoms with Gasteiger partial charge in [0.15, 0.2) is 0 Å². The highest BCUT2D eigenvalue weighted by molar-refractivity contribution is 5.84. The fraction of sp³-hybridized carbons (Fsp3) is 0.800. The van der Waals surface area contributed by atoms with Crippen LogP contribution in [0, 0.1) is 0 Å². The van der Waals surface area contributed by atoms with Gasteiger partial charge in [0.25, 0.3) is 0 Å². The minimum Gasteiger partial charge on any atom is -0.467 e. The van der Waals surface area contributed by atoms with E-state index in [9.17, 15) is 9.59 Å². The lowest BCUT2D eigenvalue weighted by atomic mass is 10.0. The van der Waals surface area contributed by atoms with E-state index in [-0.39, 0.29) is 18.1 Å². The van der Waals surface area contributed by atoms with E-state index in [1.54, 1.807) is 6.92 Å². The van der Waals surface area contributed by atoms with Crippen LogP contribution in [-0.4, -0.2) is 50.3 Å². The van der Waals surface area contributed by atoms with Crippen molar-refractivity contribution >= 4 is 11.9 Å². The van der Waals surface area contributed by atoms with Gasteiger partial charge in [0, 0.05) is 13.1 Å².